The molecule has 6 atom stereocenters. The molecule has 578 valence electrons. The van der Waals surface area contributed by atoms with Crippen LogP contribution < -0.4 is 0 Å². The lowest BCUT2D eigenvalue weighted by Gasteiger charge is -2.21. The van der Waals surface area contributed by atoms with Gasteiger partial charge in [-0.05, 0) is 63.2 Å². The van der Waals surface area contributed by atoms with Crippen molar-refractivity contribution in [2.45, 2.75) is 407 Å². The topological polar surface area (TPSA) is 237 Å². The van der Waals surface area contributed by atoms with Crippen LogP contribution in [0.1, 0.15) is 388 Å². The van der Waals surface area contributed by atoms with Crippen LogP contribution in [0, 0.1) is 11.8 Å². The Labute approximate surface area is 599 Å². The molecule has 0 radical (unpaired) electrons. The Morgan fingerprint density at radius 1 is 0.337 bits per heavy atom. The molecule has 0 fully saturated rings. The number of phosphoric acid groups is 2. The fourth-order valence-corrected chi connectivity index (χ4v) is 13.2. The van der Waals surface area contributed by atoms with Gasteiger partial charge >= 0.3 is 39.5 Å². The summed E-state index contributed by atoms with van der Waals surface area (Å²) in [6, 6.07) is 0. The minimum absolute atomic E-state index is 0.102. The highest BCUT2D eigenvalue weighted by molar-refractivity contribution is 7.47. The summed E-state index contributed by atoms with van der Waals surface area (Å²) in [7, 11) is -9.93. The number of hydrogen-bond acceptors (Lipinski definition) is 15. The zero-order chi connectivity index (χ0) is 72.1. The van der Waals surface area contributed by atoms with Gasteiger partial charge in [0.25, 0.3) is 0 Å². The summed E-state index contributed by atoms with van der Waals surface area (Å²) in [6.07, 6.45) is 61.9. The number of allylic oxidation sites excluding steroid dienone is 4. The molecule has 19 heteroatoms. The van der Waals surface area contributed by atoms with Crippen molar-refractivity contribution >= 4 is 39.5 Å². The maximum Gasteiger partial charge on any atom is 0.472 e. The standard InChI is InChI=1S/C79H150O17P2/c1-7-10-12-14-16-18-20-22-24-25-26-27-29-31-33-38-44-51-57-63-78(83)95-74(67-89-76(81)61-55-49-43-37-32-30-28-23-21-19-17-15-13-11-8-2)69-93-97(85,86)91-65-73(80)66-92-98(87,88)94-70-75(68-90-77(82)62-56-50-46-40-41-47-53-59-71(4)5)96-79(84)64-58-52-45-39-35-34-36-42-48-54-60-72(6)9-3/h19,21,23,28,71-75,80H,7-18,20,22,24-27,29-70H2,1-6H3,(H,85,86)(H,87,88)/b21-19-,28-23-/t72?,73-,74-,75-/m1/s1. The minimum Gasteiger partial charge on any atom is -0.462 e. The largest absolute Gasteiger partial charge is 0.472 e. The van der Waals surface area contributed by atoms with Gasteiger partial charge in [0.2, 0.25) is 0 Å². The lowest BCUT2D eigenvalue weighted by atomic mass is 9.99. The monoisotopic (exact) mass is 1430 g/mol. The van der Waals surface area contributed by atoms with Gasteiger partial charge in [0.1, 0.15) is 19.3 Å². The summed E-state index contributed by atoms with van der Waals surface area (Å²) >= 11 is 0. The molecule has 0 aliphatic heterocycles. The first-order chi connectivity index (χ1) is 47.4. The highest BCUT2D eigenvalue weighted by Gasteiger charge is 2.30. The molecular formula is C79H150O17P2. The molecule has 3 N–H and O–H groups in total. The van der Waals surface area contributed by atoms with Crippen molar-refractivity contribution in [3.63, 3.8) is 0 Å². The molecule has 3 unspecified atom stereocenters. The molecule has 0 aromatic carbocycles. The fourth-order valence-electron chi connectivity index (χ4n) is 11.6. The minimum atomic E-state index is -4.97. The number of aliphatic hydroxyl groups excluding tert-OH is 1. The molecule has 0 amide bonds. The molecule has 0 spiro atoms. The van der Waals surface area contributed by atoms with Crippen molar-refractivity contribution in [3.05, 3.63) is 24.3 Å². The second-order valence-electron chi connectivity index (χ2n) is 28.5. The summed E-state index contributed by atoms with van der Waals surface area (Å²) in [5, 5.41) is 10.6. The summed E-state index contributed by atoms with van der Waals surface area (Å²) in [4.78, 5) is 72.9. The number of carbonyl (C=O) groups excluding carboxylic acids is 4. The number of hydrogen-bond donors (Lipinski definition) is 3. The first-order valence-electron chi connectivity index (χ1n) is 40.3. The summed E-state index contributed by atoms with van der Waals surface area (Å²) in [5.74, 6) is -0.639. The van der Waals surface area contributed by atoms with Crippen LogP contribution in [0.4, 0.5) is 0 Å². The molecule has 0 heterocycles. The van der Waals surface area contributed by atoms with Crippen LogP contribution in [0.2, 0.25) is 0 Å². The molecule has 0 saturated heterocycles. The van der Waals surface area contributed by atoms with E-state index in [9.17, 15) is 43.2 Å². The molecule has 0 aliphatic rings. The summed E-state index contributed by atoms with van der Waals surface area (Å²) < 4.78 is 68.6. The maximum absolute atomic E-state index is 13.1. The molecular weight excluding hydrogens is 1280 g/mol. The Bertz CT molecular complexity index is 1990. The highest BCUT2D eigenvalue weighted by Crippen LogP contribution is 2.45. The number of esters is 4. The van der Waals surface area contributed by atoms with Crippen LogP contribution in [-0.4, -0.2) is 96.7 Å². The van der Waals surface area contributed by atoms with E-state index in [4.69, 9.17) is 37.0 Å². The van der Waals surface area contributed by atoms with E-state index in [1.807, 2.05) is 0 Å². The fraction of sp³-hybridized carbons (Fsp3) is 0.899. The average Bonchev–Trinajstić information content (AvgIpc) is 0.942. The van der Waals surface area contributed by atoms with Gasteiger partial charge in [-0.15, -0.1) is 0 Å². The van der Waals surface area contributed by atoms with E-state index >= 15 is 0 Å². The Morgan fingerprint density at radius 3 is 0.918 bits per heavy atom. The van der Waals surface area contributed by atoms with Crippen LogP contribution >= 0.6 is 15.6 Å². The van der Waals surface area contributed by atoms with Crippen molar-refractivity contribution in [2.75, 3.05) is 39.6 Å². The predicted molar refractivity (Wildman–Crippen MR) is 400 cm³/mol. The molecule has 17 nitrogen and oxygen atoms in total. The third-order valence-corrected chi connectivity index (χ3v) is 20.1. The zero-order valence-electron chi connectivity index (χ0n) is 63.6. The van der Waals surface area contributed by atoms with Crippen LogP contribution in [-0.2, 0) is 65.4 Å². The number of carbonyl (C=O) groups is 4. The highest BCUT2D eigenvalue weighted by atomic mass is 31.2. The first kappa shape index (κ1) is 95.5. The molecule has 0 bridgehead atoms. The van der Waals surface area contributed by atoms with E-state index in [2.05, 4.69) is 65.8 Å². The third-order valence-electron chi connectivity index (χ3n) is 18.2. The number of unbranched alkanes of at least 4 members (excludes halogenated alkanes) is 42. The third kappa shape index (κ3) is 70.6. The molecule has 0 saturated carbocycles. The van der Waals surface area contributed by atoms with E-state index in [0.29, 0.717) is 31.6 Å². The SMILES string of the molecule is CCCCCC/C=C\C=C/CCCCCCCC(=O)OC[C@H](COP(=O)(O)OC[C@@H](O)COP(=O)(O)OC[C@@H](COC(=O)CCCCCCCCCC(C)C)OC(=O)CCCCCCCCCCCCC(C)CC)OC(=O)CCCCCCCCCCCCCCCCCCCCC. The van der Waals surface area contributed by atoms with Gasteiger partial charge < -0.3 is 33.8 Å². The van der Waals surface area contributed by atoms with Crippen LogP contribution in [0.25, 0.3) is 0 Å². The normalized spacial score (nSPS) is 14.4. The average molecular weight is 1430 g/mol. The summed E-state index contributed by atoms with van der Waals surface area (Å²) in [5.41, 5.74) is 0. The van der Waals surface area contributed by atoms with Gasteiger partial charge in [0, 0.05) is 25.7 Å². The van der Waals surface area contributed by atoms with E-state index in [-0.39, 0.29) is 25.7 Å². The number of rotatable bonds is 76. The van der Waals surface area contributed by atoms with Crippen molar-refractivity contribution in [1.29, 1.82) is 0 Å². The second-order valence-corrected chi connectivity index (χ2v) is 31.4. The van der Waals surface area contributed by atoms with Crippen LogP contribution in [0.15, 0.2) is 24.3 Å². The second kappa shape index (κ2) is 70.2. The number of phosphoric ester groups is 2. The van der Waals surface area contributed by atoms with Crippen LogP contribution in [0.3, 0.4) is 0 Å². The van der Waals surface area contributed by atoms with Crippen molar-refractivity contribution in [3.8, 4) is 0 Å². The van der Waals surface area contributed by atoms with Gasteiger partial charge in [-0.25, -0.2) is 9.13 Å². The summed E-state index contributed by atoms with van der Waals surface area (Å²) in [6.45, 7) is 9.52. The molecule has 98 heavy (non-hydrogen) atoms. The van der Waals surface area contributed by atoms with Gasteiger partial charge in [-0.2, -0.15) is 0 Å². The number of aliphatic hydroxyl groups is 1. The Balaban J connectivity index is 5.28. The van der Waals surface area contributed by atoms with Crippen molar-refractivity contribution in [1.82, 2.24) is 0 Å². The smallest absolute Gasteiger partial charge is 0.462 e. The molecule has 0 aromatic heterocycles. The van der Waals surface area contributed by atoms with Gasteiger partial charge in [0.15, 0.2) is 12.2 Å². The maximum atomic E-state index is 13.1. The predicted octanol–water partition coefficient (Wildman–Crippen LogP) is 23.1. The molecule has 0 rings (SSSR count). The van der Waals surface area contributed by atoms with E-state index < -0.39 is 97.5 Å². The number of ether oxygens (including phenoxy) is 4. The lowest BCUT2D eigenvalue weighted by molar-refractivity contribution is -0.161. The Hall–Kier alpha value is -2.46. The quantitative estimate of drug-likeness (QED) is 0.0169. The lowest BCUT2D eigenvalue weighted by Crippen LogP contribution is -2.30. The molecule has 0 aromatic rings. The van der Waals surface area contributed by atoms with Crippen molar-refractivity contribution < 1.29 is 80.2 Å². The Kier molecular flexibility index (Phi) is 68.5. The van der Waals surface area contributed by atoms with E-state index in [1.54, 1.807) is 0 Å². The zero-order valence-corrected chi connectivity index (χ0v) is 65.4. The Morgan fingerprint density at radius 2 is 0.602 bits per heavy atom. The van der Waals surface area contributed by atoms with Gasteiger partial charge in [-0.1, -0.05) is 336 Å². The van der Waals surface area contributed by atoms with E-state index in [1.165, 1.54) is 180 Å². The van der Waals surface area contributed by atoms with E-state index in [0.717, 1.165) is 121 Å². The van der Waals surface area contributed by atoms with Crippen LogP contribution in [0.5, 0.6) is 0 Å². The van der Waals surface area contributed by atoms with Crippen molar-refractivity contribution in [2.24, 2.45) is 11.8 Å². The first-order valence-corrected chi connectivity index (χ1v) is 43.3. The van der Waals surface area contributed by atoms with Gasteiger partial charge in [0.05, 0.1) is 26.4 Å². The van der Waals surface area contributed by atoms with Gasteiger partial charge in [-0.3, -0.25) is 37.3 Å². The molecule has 0 aliphatic carbocycles.